The lowest BCUT2D eigenvalue weighted by Crippen LogP contribution is -1.83. The topological polar surface area (TPSA) is 0 Å². The van der Waals surface area contributed by atoms with Crippen LogP contribution in [0.3, 0.4) is 0 Å². The van der Waals surface area contributed by atoms with Gasteiger partial charge in [0.05, 0.1) is 0 Å². The van der Waals surface area contributed by atoms with E-state index in [4.69, 9.17) is 0 Å². The summed E-state index contributed by atoms with van der Waals surface area (Å²) in [6.07, 6.45) is 0. The number of fused-ring (bicyclic) bond motifs is 18. The molecule has 16 rings (SSSR count). The standard InChI is InChI=1S/C19H14.4C15H12/c1-13-10-11-18-16-8-3-2-6-14(16)15-7-4-5-9-17(15)19(18)12-13;1-11-5-4-7-13-10-9-12-6-2-3-8-14(12)15(11)13;1-11-10-12-6-2-3-8-14(12)15-9-5-4-7-13(11)15;1-11-6-9-15-13(10-11)8-7-12-4-2-3-5-14(12)15;1-11-6-7-13-9-8-12-4-2-3-5-14(12)15(13)10-11/h2-12H,1H3;4*2-10H,1H3. The quantitative estimate of drug-likeness (QED) is 0.133. The summed E-state index contributed by atoms with van der Waals surface area (Å²) in [5.74, 6) is 0. The molecule has 0 saturated carbocycles. The first-order valence-corrected chi connectivity index (χ1v) is 27.6. The number of aryl methyl sites for hydroxylation is 5. The number of hydrogen-bond donors (Lipinski definition) is 0. The molecule has 0 amide bonds. The predicted octanol–water partition coefficient (Wildman–Crippen LogP) is 22.7. The van der Waals surface area contributed by atoms with Crippen LogP contribution < -0.4 is 0 Å². The molecule has 378 valence electrons. The Morgan fingerprint density at radius 1 is 0.152 bits per heavy atom. The van der Waals surface area contributed by atoms with Gasteiger partial charge in [0.1, 0.15) is 0 Å². The van der Waals surface area contributed by atoms with Gasteiger partial charge in [0.2, 0.25) is 0 Å². The van der Waals surface area contributed by atoms with Crippen molar-refractivity contribution in [2.45, 2.75) is 34.6 Å². The molecule has 0 N–H and O–H groups in total. The Labute approximate surface area is 463 Å². The van der Waals surface area contributed by atoms with Gasteiger partial charge in [0.25, 0.3) is 0 Å². The van der Waals surface area contributed by atoms with E-state index in [2.05, 4.69) is 320 Å². The molecule has 0 fully saturated rings. The van der Waals surface area contributed by atoms with Crippen LogP contribution in [0.25, 0.3) is 118 Å². The summed E-state index contributed by atoms with van der Waals surface area (Å²) in [5.41, 5.74) is 6.65. The third-order valence-electron chi connectivity index (χ3n) is 15.7. The van der Waals surface area contributed by atoms with Gasteiger partial charge in [-0.3, -0.25) is 0 Å². The van der Waals surface area contributed by atoms with Gasteiger partial charge in [0.15, 0.2) is 0 Å². The van der Waals surface area contributed by atoms with Gasteiger partial charge in [-0.2, -0.15) is 0 Å². The summed E-state index contributed by atoms with van der Waals surface area (Å²) in [6.45, 7) is 10.8. The van der Waals surface area contributed by atoms with Crippen molar-refractivity contribution in [3.05, 3.63) is 313 Å². The molecular formula is C79H62. The molecular weight excluding hydrogens is 949 g/mol. The first-order valence-electron chi connectivity index (χ1n) is 27.6. The highest BCUT2D eigenvalue weighted by Gasteiger charge is 2.08. The minimum Gasteiger partial charge on any atom is -0.0616 e. The molecule has 0 spiro atoms. The molecule has 0 nitrogen and oxygen atoms in total. The summed E-state index contributed by atoms with van der Waals surface area (Å²) in [7, 11) is 0. The Morgan fingerprint density at radius 2 is 0.456 bits per heavy atom. The van der Waals surface area contributed by atoms with E-state index in [1.807, 2.05) is 0 Å². The minimum absolute atomic E-state index is 1.31. The second-order valence-electron chi connectivity index (χ2n) is 21.1. The lowest BCUT2D eigenvalue weighted by atomic mass is 9.93. The number of hydrogen-bond acceptors (Lipinski definition) is 0. The largest absolute Gasteiger partial charge is 0.0616 e. The smallest absolute Gasteiger partial charge is 0.00761 e. The van der Waals surface area contributed by atoms with Crippen LogP contribution in [0.1, 0.15) is 27.8 Å². The van der Waals surface area contributed by atoms with Crippen molar-refractivity contribution in [2.24, 2.45) is 0 Å². The molecule has 0 saturated heterocycles. The summed E-state index contributed by atoms with van der Waals surface area (Å²) in [5, 5.41) is 29.5. The van der Waals surface area contributed by atoms with E-state index in [9.17, 15) is 0 Å². The molecule has 16 aromatic rings. The van der Waals surface area contributed by atoms with Crippen molar-refractivity contribution in [3.63, 3.8) is 0 Å². The van der Waals surface area contributed by atoms with Crippen LogP contribution in [0.5, 0.6) is 0 Å². The Morgan fingerprint density at radius 3 is 1.04 bits per heavy atom. The highest BCUT2D eigenvalue weighted by atomic mass is 14.1. The maximum atomic E-state index is 2.30. The molecule has 0 heteroatoms. The number of benzene rings is 16. The van der Waals surface area contributed by atoms with Crippen molar-refractivity contribution in [1.29, 1.82) is 0 Å². The molecule has 0 radical (unpaired) electrons. The highest BCUT2D eigenvalue weighted by Crippen LogP contribution is 2.36. The van der Waals surface area contributed by atoms with Gasteiger partial charge in [-0.25, -0.2) is 0 Å². The van der Waals surface area contributed by atoms with Crippen LogP contribution in [0, 0.1) is 34.6 Å². The van der Waals surface area contributed by atoms with Crippen LogP contribution in [-0.4, -0.2) is 0 Å². The van der Waals surface area contributed by atoms with Crippen LogP contribution in [0.4, 0.5) is 0 Å². The average molecular weight is 1010 g/mol. The molecule has 0 aliphatic carbocycles. The van der Waals surface area contributed by atoms with Crippen LogP contribution in [0.15, 0.2) is 285 Å². The van der Waals surface area contributed by atoms with Crippen LogP contribution in [0.2, 0.25) is 0 Å². The molecule has 0 bridgehead atoms. The molecule has 0 unspecified atom stereocenters. The van der Waals surface area contributed by atoms with E-state index >= 15 is 0 Å². The fourth-order valence-electron chi connectivity index (χ4n) is 11.8. The molecule has 79 heavy (non-hydrogen) atoms. The summed E-state index contributed by atoms with van der Waals surface area (Å²) in [4.78, 5) is 0. The third kappa shape index (κ3) is 10.3. The van der Waals surface area contributed by atoms with E-state index < -0.39 is 0 Å². The predicted molar refractivity (Wildman–Crippen MR) is 348 cm³/mol. The molecule has 0 aliphatic rings. The van der Waals surface area contributed by atoms with Crippen molar-refractivity contribution in [2.75, 3.05) is 0 Å². The zero-order valence-electron chi connectivity index (χ0n) is 45.6. The van der Waals surface area contributed by atoms with E-state index in [1.54, 1.807) is 0 Å². The Hall–Kier alpha value is -9.62. The van der Waals surface area contributed by atoms with Crippen molar-refractivity contribution < 1.29 is 0 Å². The average Bonchev–Trinajstić information content (AvgIpc) is 3.55. The van der Waals surface area contributed by atoms with Gasteiger partial charge in [-0.05, 0) is 164 Å². The summed E-state index contributed by atoms with van der Waals surface area (Å²) >= 11 is 0. The normalized spacial score (nSPS) is 11.1. The van der Waals surface area contributed by atoms with E-state index in [0.29, 0.717) is 0 Å². The molecule has 0 heterocycles. The van der Waals surface area contributed by atoms with Crippen molar-refractivity contribution in [3.8, 4) is 0 Å². The molecule has 0 atom stereocenters. The first kappa shape index (κ1) is 50.2. The van der Waals surface area contributed by atoms with Crippen LogP contribution in [-0.2, 0) is 0 Å². The lowest BCUT2D eigenvalue weighted by molar-refractivity contribution is 1.51. The monoisotopic (exact) mass is 1010 g/mol. The Kier molecular flexibility index (Phi) is 14.1. The Bertz CT molecular complexity index is 4840. The van der Waals surface area contributed by atoms with Gasteiger partial charge in [-0.1, -0.05) is 302 Å². The first-order chi connectivity index (χ1) is 38.8. The maximum Gasteiger partial charge on any atom is -0.00761 e. The second-order valence-corrected chi connectivity index (χ2v) is 21.1. The zero-order chi connectivity index (χ0) is 53.8. The highest BCUT2D eigenvalue weighted by molar-refractivity contribution is 6.25. The van der Waals surface area contributed by atoms with Gasteiger partial charge < -0.3 is 0 Å². The summed E-state index contributed by atoms with van der Waals surface area (Å²) in [6, 6.07) is 102. The van der Waals surface area contributed by atoms with E-state index in [0.717, 1.165) is 0 Å². The maximum absolute atomic E-state index is 2.30. The molecule has 0 aliphatic heterocycles. The Balaban J connectivity index is 0.0000000989. The minimum atomic E-state index is 1.31. The second kappa shape index (κ2) is 22.2. The van der Waals surface area contributed by atoms with Gasteiger partial charge in [0, 0.05) is 0 Å². The fraction of sp³-hybridized carbons (Fsp3) is 0.0633. The molecule has 16 aromatic carbocycles. The van der Waals surface area contributed by atoms with Gasteiger partial charge >= 0.3 is 0 Å². The summed E-state index contributed by atoms with van der Waals surface area (Å²) < 4.78 is 0. The third-order valence-corrected chi connectivity index (χ3v) is 15.7. The molecule has 0 aromatic heterocycles. The van der Waals surface area contributed by atoms with E-state index in [1.165, 1.54) is 146 Å². The van der Waals surface area contributed by atoms with Crippen molar-refractivity contribution in [1.82, 2.24) is 0 Å². The number of rotatable bonds is 0. The zero-order valence-corrected chi connectivity index (χ0v) is 45.6. The van der Waals surface area contributed by atoms with Gasteiger partial charge in [-0.15, -0.1) is 0 Å². The fourth-order valence-corrected chi connectivity index (χ4v) is 11.8. The van der Waals surface area contributed by atoms with Crippen LogP contribution >= 0.6 is 0 Å². The van der Waals surface area contributed by atoms with Crippen molar-refractivity contribution >= 4 is 118 Å². The lowest BCUT2D eigenvalue weighted by Gasteiger charge is -2.10. The van der Waals surface area contributed by atoms with E-state index in [-0.39, 0.29) is 0 Å². The SMILES string of the molecule is Cc1cc2ccccc2c2ccccc12.Cc1ccc2c(ccc3ccccc32)c1.Cc1ccc2c3ccccc3c3ccccc3c2c1.Cc1ccc2ccc3ccccc3c2c1.Cc1cccc2ccc3ccccc3c12.